The number of rotatable bonds is 5. The average Bonchev–Trinajstić information content (AvgIpc) is 3.31. The number of anilines is 1. The number of likely N-dealkylation sites (tertiary alicyclic amines) is 1. The maximum absolute atomic E-state index is 14.0. The molecule has 2 aromatic heterocycles. The van der Waals surface area contributed by atoms with Crippen LogP contribution < -0.4 is 4.90 Å². The normalized spacial score (nSPS) is 21.3. The SMILES string of the molecule is CC1CCC(C(=O)N(c2cc(C(C)(C)C)sc2C(=O)O)C2CCN(C(=O)c3cccnc3)CC2)CC1. The number of carbonyl (C=O) groups is 3. The molecule has 2 amide bonds. The van der Waals surface area contributed by atoms with E-state index in [4.69, 9.17) is 0 Å². The number of carboxylic acids is 1. The zero-order valence-corrected chi connectivity index (χ0v) is 22.5. The number of carbonyl (C=O) groups excluding carboxylic acids is 2. The molecule has 2 aliphatic rings. The van der Waals surface area contributed by atoms with Gasteiger partial charge in [-0.15, -0.1) is 11.3 Å². The number of pyridine rings is 1. The molecule has 2 aromatic rings. The highest BCUT2D eigenvalue weighted by atomic mass is 32.1. The molecule has 1 N–H and O–H groups in total. The first-order valence-electron chi connectivity index (χ1n) is 13.0. The van der Waals surface area contributed by atoms with Crippen LogP contribution in [0.15, 0.2) is 30.6 Å². The second-order valence-corrected chi connectivity index (χ2v) is 12.4. The molecule has 0 spiro atoms. The molecular weight excluding hydrogens is 474 g/mol. The number of hydrogen-bond acceptors (Lipinski definition) is 5. The van der Waals surface area contributed by atoms with Gasteiger partial charge >= 0.3 is 5.97 Å². The van der Waals surface area contributed by atoms with Crippen LogP contribution in [0, 0.1) is 11.8 Å². The third-order valence-electron chi connectivity index (χ3n) is 7.53. The van der Waals surface area contributed by atoms with Crippen molar-refractivity contribution < 1.29 is 19.5 Å². The molecule has 1 saturated heterocycles. The number of aromatic carboxylic acids is 1. The van der Waals surface area contributed by atoms with Crippen LogP contribution in [0.2, 0.25) is 0 Å². The molecule has 36 heavy (non-hydrogen) atoms. The Morgan fingerprint density at radius 2 is 1.75 bits per heavy atom. The topological polar surface area (TPSA) is 90.8 Å². The summed E-state index contributed by atoms with van der Waals surface area (Å²) in [6.45, 7) is 9.44. The van der Waals surface area contributed by atoms with Gasteiger partial charge in [0.1, 0.15) is 4.88 Å². The Hall–Kier alpha value is -2.74. The molecule has 8 heteroatoms. The van der Waals surface area contributed by atoms with Gasteiger partial charge in [-0.3, -0.25) is 14.6 Å². The highest BCUT2D eigenvalue weighted by Crippen LogP contribution is 2.41. The Kier molecular flexibility index (Phi) is 7.83. The van der Waals surface area contributed by atoms with E-state index in [0.29, 0.717) is 43.1 Å². The molecule has 0 atom stereocenters. The standard InChI is InChI=1S/C28H37N3O4S/c1-18-7-9-19(10-8-18)26(33)31(22-16-23(28(2,3)4)36-24(22)27(34)35)21-11-14-30(15-12-21)25(32)20-6-5-13-29-17-20/h5-6,13,16-19,21H,7-12,14-15H2,1-4H3,(H,34,35). The zero-order valence-electron chi connectivity index (χ0n) is 21.7. The molecule has 0 aromatic carbocycles. The summed E-state index contributed by atoms with van der Waals surface area (Å²) < 4.78 is 0. The monoisotopic (exact) mass is 511 g/mol. The van der Waals surface area contributed by atoms with E-state index in [1.54, 1.807) is 24.5 Å². The summed E-state index contributed by atoms with van der Waals surface area (Å²) in [4.78, 5) is 48.1. The first-order valence-corrected chi connectivity index (χ1v) is 13.8. The van der Waals surface area contributed by atoms with E-state index in [9.17, 15) is 19.5 Å². The second-order valence-electron chi connectivity index (χ2n) is 11.3. The van der Waals surface area contributed by atoms with Crippen molar-refractivity contribution in [1.29, 1.82) is 0 Å². The Morgan fingerprint density at radius 1 is 1.08 bits per heavy atom. The Balaban J connectivity index is 1.62. The minimum atomic E-state index is -0.996. The van der Waals surface area contributed by atoms with Crippen molar-refractivity contribution in [2.24, 2.45) is 11.8 Å². The van der Waals surface area contributed by atoms with Crippen LogP contribution in [0.1, 0.15) is 91.1 Å². The quantitative estimate of drug-likeness (QED) is 0.564. The fraction of sp³-hybridized carbons (Fsp3) is 0.571. The minimum absolute atomic E-state index is 0.0414. The first-order chi connectivity index (χ1) is 17.1. The lowest BCUT2D eigenvalue weighted by atomic mass is 9.82. The van der Waals surface area contributed by atoms with Gasteiger partial charge in [-0.25, -0.2) is 4.79 Å². The van der Waals surface area contributed by atoms with E-state index in [2.05, 4.69) is 32.7 Å². The summed E-state index contributed by atoms with van der Waals surface area (Å²) in [5.41, 5.74) is 0.862. The molecular formula is C28H37N3O4S. The number of aromatic nitrogens is 1. The lowest BCUT2D eigenvalue weighted by Gasteiger charge is -2.40. The van der Waals surface area contributed by atoms with Crippen molar-refractivity contribution >= 4 is 34.8 Å². The molecule has 7 nitrogen and oxygen atoms in total. The molecule has 0 radical (unpaired) electrons. The minimum Gasteiger partial charge on any atom is -0.477 e. The van der Waals surface area contributed by atoms with Gasteiger partial charge in [0.05, 0.1) is 11.3 Å². The Labute approximate surface area is 217 Å². The number of amides is 2. The number of hydrogen-bond donors (Lipinski definition) is 1. The summed E-state index contributed by atoms with van der Waals surface area (Å²) >= 11 is 1.27. The van der Waals surface area contributed by atoms with E-state index >= 15 is 0 Å². The predicted octanol–water partition coefficient (Wildman–Crippen LogP) is 5.60. The van der Waals surface area contributed by atoms with Crippen LogP contribution >= 0.6 is 11.3 Å². The van der Waals surface area contributed by atoms with Gasteiger partial charge in [0.15, 0.2) is 0 Å². The van der Waals surface area contributed by atoms with Gasteiger partial charge in [0.25, 0.3) is 5.91 Å². The summed E-state index contributed by atoms with van der Waals surface area (Å²) in [5.74, 6) is -0.481. The number of nitrogens with zero attached hydrogens (tertiary/aromatic N) is 3. The van der Waals surface area contributed by atoms with Crippen LogP contribution in [0.25, 0.3) is 0 Å². The average molecular weight is 512 g/mol. The van der Waals surface area contributed by atoms with Gasteiger partial charge < -0.3 is 14.9 Å². The molecule has 4 rings (SSSR count). The number of thiophene rings is 1. The lowest BCUT2D eigenvalue weighted by Crippen LogP contribution is -2.51. The molecule has 194 valence electrons. The second kappa shape index (κ2) is 10.7. The summed E-state index contributed by atoms with van der Waals surface area (Å²) in [6.07, 6.45) is 8.16. The van der Waals surface area contributed by atoms with Crippen molar-refractivity contribution in [3.8, 4) is 0 Å². The largest absolute Gasteiger partial charge is 0.477 e. The maximum Gasteiger partial charge on any atom is 0.348 e. The van der Waals surface area contributed by atoms with E-state index in [1.807, 2.05) is 15.9 Å². The van der Waals surface area contributed by atoms with E-state index in [0.717, 1.165) is 30.6 Å². The van der Waals surface area contributed by atoms with Gasteiger partial charge in [-0.1, -0.05) is 27.7 Å². The van der Waals surface area contributed by atoms with Gasteiger partial charge in [0, 0.05) is 42.3 Å². The third kappa shape index (κ3) is 5.64. The highest BCUT2D eigenvalue weighted by Gasteiger charge is 2.38. The molecule has 1 saturated carbocycles. The molecule has 1 aliphatic heterocycles. The van der Waals surface area contributed by atoms with Gasteiger partial charge in [-0.2, -0.15) is 0 Å². The van der Waals surface area contributed by atoms with Crippen molar-refractivity contribution in [1.82, 2.24) is 9.88 Å². The maximum atomic E-state index is 14.0. The third-order valence-corrected chi connectivity index (χ3v) is 9.07. The Morgan fingerprint density at radius 3 is 2.31 bits per heavy atom. The zero-order chi connectivity index (χ0) is 26.0. The van der Waals surface area contributed by atoms with Crippen LogP contribution in [-0.2, 0) is 10.2 Å². The number of piperidine rings is 1. The van der Waals surface area contributed by atoms with Crippen molar-refractivity contribution in [3.05, 3.63) is 45.9 Å². The van der Waals surface area contributed by atoms with Crippen LogP contribution in [0.5, 0.6) is 0 Å². The Bertz CT molecular complexity index is 1090. The van der Waals surface area contributed by atoms with E-state index in [-0.39, 0.29) is 34.1 Å². The molecule has 1 aliphatic carbocycles. The lowest BCUT2D eigenvalue weighted by molar-refractivity contribution is -0.124. The number of carboxylic acid groups (broad SMARTS) is 1. The van der Waals surface area contributed by atoms with E-state index < -0.39 is 5.97 Å². The highest BCUT2D eigenvalue weighted by molar-refractivity contribution is 7.14. The van der Waals surface area contributed by atoms with Crippen molar-refractivity contribution in [3.63, 3.8) is 0 Å². The summed E-state index contributed by atoms with van der Waals surface area (Å²) in [5, 5.41) is 10.1. The van der Waals surface area contributed by atoms with Crippen LogP contribution in [0.3, 0.4) is 0 Å². The smallest absolute Gasteiger partial charge is 0.348 e. The molecule has 2 fully saturated rings. The summed E-state index contributed by atoms with van der Waals surface area (Å²) in [6, 6.07) is 5.29. The van der Waals surface area contributed by atoms with Crippen LogP contribution in [-0.4, -0.2) is 51.9 Å². The molecule has 3 heterocycles. The fourth-order valence-electron chi connectivity index (χ4n) is 5.28. The van der Waals surface area contributed by atoms with Crippen LogP contribution in [0.4, 0.5) is 5.69 Å². The van der Waals surface area contributed by atoms with Crippen molar-refractivity contribution in [2.45, 2.75) is 77.7 Å². The van der Waals surface area contributed by atoms with Gasteiger partial charge in [0.2, 0.25) is 5.91 Å². The van der Waals surface area contributed by atoms with Crippen molar-refractivity contribution in [2.75, 3.05) is 18.0 Å². The molecule has 0 unspecified atom stereocenters. The van der Waals surface area contributed by atoms with E-state index in [1.165, 1.54) is 11.3 Å². The predicted molar refractivity (Wildman–Crippen MR) is 142 cm³/mol. The van der Waals surface area contributed by atoms with Gasteiger partial charge in [-0.05, 0) is 68.1 Å². The fourth-order valence-corrected chi connectivity index (χ4v) is 6.33. The first kappa shape index (κ1) is 26.3. The summed E-state index contributed by atoms with van der Waals surface area (Å²) in [7, 11) is 0. The molecule has 0 bridgehead atoms.